The molecule has 30 heavy (non-hydrogen) atoms. The van der Waals surface area contributed by atoms with Gasteiger partial charge in [0.25, 0.3) is 0 Å². The number of rotatable bonds is 4. The number of nitrogens with zero attached hydrogens (tertiary/aromatic N) is 2. The van der Waals surface area contributed by atoms with Gasteiger partial charge in [0.15, 0.2) is 17.3 Å². The number of Topliss-reactive ketones (excluding diaryl/α,β-unsaturated/α-hetero) is 1. The molecule has 0 spiro atoms. The van der Waals surface area contributed by atoms with E-state index in [2.05, 4.69) is 0 Å². The second-order valence-corrected chi connectivity index (χ2v) is 7.20. The van der Waals surface area contributed by atoms with Crippen LogP contribution in [-0.2, 0) is 6.18 Å². The average molecular weight is 418 g/mol. The second kappa shape index (κ2) is 8.39. The fourth-order valence-electron chi connectivity index (χ4n) is 3.53. The summed E-state index contributed by atoms with van der Waals surface area (Å²) in [6.07, 6.45) is -1.06. The van der Waals surface area contributed by atoms with E-state index >= 15 is 0 Å². The van der Waals surface area contributed by atoms with Crippen LogP contribution in [0.4, 0.5) is 18.9 Å². The molecule has 2 heterocycles. The number of ketones is 1. The van der Waals surface area contributed by atoms with Gasteiger partial charge in [-0.25, -0.2) is 0 Å². The molecule has 0 bridgehead atoms. The summed E-state index contributed by atoms with van der Waals surface area (Å²) >= 11 is 0. The van der Waals surface area contributed by atoms with Crippen molar-refractivity contribution in [1.29, 1.82) is 0 Å². The van der Waals surface area contributed by atoms with Crippen LogP contribution in [0.5, 0.6) is 11.5 Å². The van der Waals surface area contributed by atoms with Crippen molar-refractivity contribution in [3.63, 3.8) is 0 Å². The Balaban J connectivity index is 1.35. The van der Waals surface area contributed by atoms with Crippen molar-refractivity contribution >= 4 is 11.5 Å². The van der Waals surface area contributed by atoms with E-state index in [-0.39, 0.29) is 12.3 Å². The second-order valence-electron chi connectivity index (χ2n) is 7.20. The SMILES string of the molecule is O=C(CN1CCN(c2cccc(C(F)(F)F)c2)CC1)c1ccc2c(c1)OCC=CO2. The van der Waals surface area contributed by atoms with Crippen molar-refractivity contribution in [2.24, 2.45) is 0 Å². The van der Waals surface area contributed by atoms with Crippen molar-refractivity contribution < 1.29 is 27.4 Å². The Hall–Kier alpha value is -3.00. The number of halogens is 3. The van der Waals surface area contributed by atoms with E-state index in [1.807, 2.05) is 9.80 Å². The van der Waals surface area contributed by atoms with Crippen LogP contribution in [0.2, 0.25) is 0 Å². The van der Waals surface area contributed by atoms with Crippen LogP contribution in [0.1, 0.15) is 15.9 Å². The third-order valence-electron chi connectivity index (χ3n) is 5.17. The Labute approximate surface area is 172 Å². The third kappa shape index (κ3) is 4.59. The van der Waals surface area contributed by atoms with E-state index in [1.54, 1.807) is 36.6 Å². The quantitative estimate of drug-likeness (QED) is 0.703. The molecular formula is C22H21F3N2O3. The molecule has 0 saturated carbocycles. The predicted molar refractivity (Wildman–Crippen MR) is 106 cm³/mol. The number of hydrogen-bond donors (Lipinski definition) is 0. The fraction of sp³-hybridized carbons (Fsp3) is 0.318. The van der Waals surface area contributed by atoms with Gasteiger partial charge in [0.05, 0.1) is 18.4 Å². The van der Waals surface area contributed by atoms with Gasteiger partial charge in [-0.1, -0.05) is 6.07 Å². The van der Waals surface area contributed by atoms with Crippen LogP contribution in [0, 0.1) is 0 Å². The Kier molecular flexibility index (Phi) is 5.67. The standard InChI is InChI=1S/C22H21F3N2O3/c23-22(24,25)17-3-1-4-18(14-17)27-9-7-26(8-10-27)15-19(28)16-5-6-20-21(13-16)30-12-2-11-29-20/h1-6,11,13-14H,7-10,12,15H2. The number of carbonyl (C=O) groups excluding carboxylic acids is 1. The lowest BCUT2D eigenvalue weighted by molar-refractivity contribution is -0.137. The Bertz CT molecular complexity index is 951. The zero-order valence-electron chi connectivity index (χ0n) is 16.2. The number of fused-ring (bicyclic) bond motifs is 1. The first-order chi connectivity index (χ1) is 14.4. The number of benzene rings is 2. The monoisotopic (exact) mass is 418 g/mol. The van der Waals surface area contributed by atoms with Gasteiger partial charge in [-0.2, -0.15) is 13.2 Å². The minimum Gasteiger partial charge on any atom is -0.485 e. The van der Waals surface area contributed by atoms with E-state index in [4.69, 9.17) is 9.47 Å². The van der Waals surface area contributed by atoms with Gasteiger partial charge in [0.1, 0.15) is 6.61 Å². The lowest BCUT2D eigenvalue weighted by Gasteiger charge is -2.36. The molecule has 0 unspecified atom stereocenters. The predicted octanol–water partition coefficient (Wildman–Crippen LogP) is 4.00. The van der Waals surface area contributed by atoms with Crippen molar-refractivity contribution in [3.05, 3.63) is 65.9 Å². The van der Waals surface area contributed by atoms with Crippen LogP contribution in [0.15, 0.2) is 54.8 Å². The number of ether oxygens (including phenoxy) is 2. The Morgan fingerprint density at radius 1 is 1.00 bits per heavy atom. The summed E-state index contributed by atoms with van der Waals surface area (Å²) < 4.78 is 49.8. The molecule has 0 aliphatic carbocycles. The highest BCUT2D eigenvalue weighted by molar-refractivity contribution is 5.98. The van der Waals surface area contributed by atoms with Gasteiger partial charge < -0.3 is 14.4 Å². The first-order valence-corrected chi connectivity index (χ1v) is 9.66. The Morgan fingerprint density at radius 2 is 1.80 bits per heavy atom. The molecular weight excluding hydrogens is 397 g/mol. The highest BCUT2D eigenvalue weighted by Crippen LogP contribution is 2.32. The first-order valence-electron chi connectivity index (χ1n) is 9.66. The van der Waals surface area contributed by atoms with Crippen LogP contribution >= 0.6 is 0 Å². The van der Waals surface area contributed by atoms with E-state index < -0.39 is 11.7 Å². The molecule has 4 rings (SSSR count). The number of hydrogen-bond acceptors (Lipinski definition) is 5. The van der Waals surface area contributed by atoms with Crippen molar-refractivity contribution in [2.75, 3.05) is 44.2 Å². The van der Waals surface area contributed by atoms with Crippen LogP contribution < -0.4 is 14.4 Å². The summed E-state index contributed by atoms with van der Waals surface area (Å²) in [6, 6.07) is 10.5. The van der Waals surface area contributed by atoms with Gasteiger partial charge in [0.2, 0.25) is 0 Å². The van der Waals surface area contributed by atoms with E-state index in [0.29, 0.717) is 55.5 Å². The molecule has 1 saturated heterocycles. The molecule has 5 nitrogen and oxygen atoms in total. The van der Waals surface area contributed by atoms with Crippen LogP contribution in [-0.4, -0.2) is 50.0 Å². The molecule has 0 atom stereocenters. The molecule has 0 amide bonds. The Morgan fingerprint density at radius 3 is 2.57 bits per heavy atom. The summed E-state index contributed by atoms with van der Waals surface area (Å²) in [7, 11) is 0. The molecule has 2 aliphatic rings. The molecule has 0 N–H and O–H groups in total. The van der Waals surface area contributed by atoms with Crippen molar-refractivity contribution in [2.45, 2.75) is 6.18 Å². The number of alkyl halides is 3. The molecule has 0 radical (unpaired) electrons. The first kappa shape index (κ1) is 20.3. The fourth-order valence-corrected chi connectivity index (χ4v) is 3.53. The van der Waals surface area contributed by atoms with Gasteiger partial charge in [0, 0.05) is 37.4 Å². The minimum absolute atomic E-state index is 0.0360. The average Bonchev–Trinajstić information content (AvgIpc) is 2.98. The maximum atomic E-state index is 12.9. The molecule has 1 fully saturated rings. The van der Waals surface area contributed by atoms with Gasteiger partial charge >= 0.3 is 6.18 Å². The number of anilines is 1. The largest absolute Gasteiger partial charge is 0.485 e. The summed E-state index contributed by atoms with van der Waals surface area (Å²) in [5.74, 6) is 1.06. The lowest BCUT2D eigenvalue weighted by Crippen LogP contribution is -2.48. The minimum atomic E-state index is -4.36. The van der Waals surface area contributed by atoms with Gasteiger partial charge in [-0.3, -0.25) is 9.69 Å². The molecule has 2 aromatic carbocycles. The highest BCUT2D eigenvalue weighted by atomic mass is 19.4. The van der Waals surface area contributed by atoms with E-state index in [1.165, 1.54) is 12.1 Å². The molecule has 2 aliphatic heterocycles. The summed E-state index contributed by atoms with van der Waals surface area (Å²) in [6.45, 7) is 2.92. The number of piperazine rings is 1. The van der Waals surface area contributed by atoms with E-state index in [9.17, 15) is 18.0 Å². The normalized spacial score (nSPS) is 17.0. The smallest absolute Gasteiger partial charge is 0.416 e. The molecule has 8 heteroatoms. The van der Waals surface area contributed by atoms with Crippen LogP contribution in [0.3, 0.4) is 0 Å². The maximum Gasteiger partial charge on any atom is 0.416 e. The lowest BCUT2D eigenvalue weighted by atomic mass is 10.1. The zero-order chi connectivity index (χ0) is 21.1. The van der Waals surface area contributed by atoms with E-state index in [0.717, 1.165) is 6.07 Å². The summed E-state index contributed by atoms with van der Waals surface area (Å²) in [4.78, 5) is 16.6. The van der Waals surface area contributed by atoms with Crippen molar-refractivity contribution in [3.8, 4) is 11.5 Å². The van der Waals surface area contributed by atoms with Crippen LogP contribution in [0.25, 0.3) is 0 Å². The molecule has 158 valence electrons. The summed E-state index contributed by atoms with van der Waals surface area (Å²) in [5, 5.41) is 0. The maximum absolute atomic E-state index is 12.9. The van der Waals surface area contributed by atoms with Crippen molar-refractivity contribution in [1.82, 2.24) is 4.90 Å². The van der Waals surface area contributed by atoms with Gasteiger partial charge in [-0.05, 0) is 42.5 Å². The zero-order valence-corrected chi connectivity index (χ0v) is 16.2. The molecule has 0 aromatic heterocycles. The molecule has 2 aromatic rings. The highest BCUT2D eigenvalue weighted by Gasteiger charge is 2.31. The summed E-state index contributed by atoms with van der Waals surface area (Å²) in [5.41, 5.74) is 0.439. The van der Waals surface area contributed by atoms with Gasteiger partial charge in [-0.15, -0.1) is 0 Å². The topological polar surface area (TPSA) is 42.0 Å². The number of carbonyl (C=O) groups is 1. The third-order valence-corrected chi connectivity index (χ3v) is 5.17.